The number of aromatic nitrogens is 4. The summed E-state index contributed by atoms with van der Waals surface area (Å²) in [6.07, 6.45) is 9.23. The van der Waals surface area contributed by atoms with E-state index in [-0.39, 0.29) is 0 Å². The lowest BCUT2D eigenvalue weighted by Crippen LogP contribution is -2.23. The summed E-state index contributed by atoms with van der Waals surface area (Å²) in [6.45, 7) is 0.971. The largest absolute Gasteiger partial charge is 0.346 e. The molecule has 4 heterocycles. The molecule has 3 aromatic rings. The summed E-state index contributed by atoms with van der Waals surface area (Å²) in [5, 5.41) is 7.14. The van der Waals surface area contributed by atoms with Gasteiger partial charge in [0.1, 0.15) is 12.0 Å². The number of rotatable bonds is 2. The molecular weight excluding hydrogens is 262 g/mol. The van der Waals surface area contributed by atoms with Crippen LogP contribution in [0.3, 0.4) is 0 Å². The van der Waals surface area contributed by atoms with Crippen molar-refractivity contribution in [3.63, 3.8) is 0 Å². The van der Waals surface area contributed by atoms with Gasteiger partial charge < -0.3 is 4.98 Å². The van der Waals surface area contributed by atoms with Crippen LogP contribution in [-0.4, -0.2) is 32.5 Å². The van der Waals surface area contributed by atoms with Gasteiger partial charge in [-0.2, -0.15) is 0 Å². The van der Waals surface area contributed by atoms with Gasteiger partial charge in [0.25, 0.3) is 0 Å². The number of H-pyrrole nitrogens is 1. The first-order valence-electron chi connectivity index (χ1n) is 7.65. The Labute approximate surface area is 122 Å². The topological polar surface area (TPSA) is 68.6 Å². The molecule has 105 valence electrons. The summed E-state index contributed by atoms with van der Waals surface area (Å²) in [7, 11) is 0. The molecule has 5 rings (SSSR count). The molecule has 5 heteroatoms. The Morgan fingerprint density at radius 3 is 2.95 bits per heavy atom. The van der Waals surface area contributed by atoms with Crippen LogP contribution >= 0.6 is 0 Å². The smallest absolute Gasteiger partial charge is 0.138 e. The van der Waals surface area contributed by atoms with E-state index in [0.29, 0.717) is 12.0 Å². The Kier molecular flexibility index (Phi) is 2.35. The van der Waals surface area contributed by atoms with Crippen molar-refractivity contribution < 1.29 is 0 Å². The zero-order chi connectivity index (χ0) is 13.8. The second-order valence-corrected chi connectivity index (χ2v) is 6.15. The molecule has 5 nitrogen and oxygen atoms in total. The second-order valence-electron chi connectivity index (χ2n) is 6.15. The highest BCUT2D eigenvalue weighted by Gasteiger charge is 2.42. The predicted molar refractivity (Wildman–Crippen MR) is 80.1 cm³/mol. The monoisotopic (exact) mass is 278 g/mol. The first kappa shape index (κ1) is 11.6. The van der Waals surface area contributed by atoms with Crippen molar-refractivity contribution in [2.45, 2.75) is 31.2 Å². The Hall–Kier alpha value is -2.01. The lowest BCUT2D eigenvalue weighted by molar-refractivity contribution is 0.478. The molecule has 2 aliphatic rings. The number of fused-ring (bicyclic) bond motifs is 3. The molecule has 1 radical (unpaired) electrons. The Morgan fingerprint density at radius 1 is 1.10 bits per heavy atom. The average molecular weight is 278 g/mol. The molecule has 0 spiro atoms. The third kappa shape index (κ3) is 1.70. The second kappa shape index (κ2) is 4.24. The normalized spacial score (nSPS) is 25.9. The van der Waals surface area contributed by atoms with Crippen LogP contribution in [0.4, 0.5) is 0 Å². The molecule has 2 atom stereocenters. The van der Waals surface area contributed by atoms with E-state index in [4.69, 9.17) is 5.32 Å². The Bertz CT molecular complexity index is 820. The zero-order valence-corrected chi connectivity index (χ0v) is 11.7. The molecule has 1 aliphatic heterocycles. The Balaban J connectivity index is 1.76. The van der Waals surface area contributed by atoms with Crippen LogP contribution in [0.2, 0.25) is 0 Å². The third-order valence-electron chi connectivity index (χ3n) is 4.86. The van der Waals surface area contributed by atoms with E-state index >= 15 is 0 Å². The average Bonchev–Trinajstić information content (AvgIpc) is 3.06. The molecule has 0 amide bonds. The van der Waals surface area contributed by atoms with Crippen molar-refractivity contribution in [3.8, 4) is 0 Å². The van der Waals surface area contributed by atoms with Crippen LogP contribution in [0.25, 0.3) is 21.9 Å². The standard InChI is InChI=1S/C16H16N5/c1-2-9(1)14-11(4-5-17-14)15-13-10-3-6-18-16(10)19-7-12(13)20-8-21-15/h3,6-9,11,14H,1-2,4-5H2,(H,18,19). The molecule has 2 fully saturated rings. The van der Waals surface area contributed by atoms with E-state index in [0.717, 1.165) is 40.8 Å². The van der Waals surface area contributed by atoms with Gasteiger partial charge in [0.15, 0.2) is 0 Å². The van der Waals surface area contributed by atoms with Gasteiger partial charge in [0.2, 0.25) is 0 Å². The fourth-order valence-corrected chi connectivity index (χ4v) is 3.74. The minimum absolute atomic E-state index is 0.448. The molecule has 1 saturated carbocycles. The number of aromatic amines is 1. The fourth-order valence-electron chi connectivity index (χ4n) is 3.74. The number of hydrogen-bond donors (Lipinski definition) is 1. The van der Waals surface area contributed by atoms with Gasteiger partial charge in [0, 0.05) is 35.5 Å². The summed E-state index contributed by atoms with van der Waals surface area (Å²) < 4.78 is 0. The minimum atomic E-state index is 0.448. The summed E-state index contributed by atoms with van der Waals surface area (Å²) >= 11 is 0. The number of pyridine rings is 1. The molecule has 1 aliphatic carbocycles. The molecule has 0 bridgehead atoms. The van der Waals surface area contributed by atoms with Crippen molar-refractivity contribution in [1.82, 2.24) is 25.3 Å². The quantitative estimate of drug-likeness (QED) is 0.782. The van der Waals surface area contributed by atoms with Crippen LogP contribution < -0.4 is 5.32 Å². The van der Waals surface area contributed by atoms with E-state index in [9.17, 15) is 0 Å². The van der Waals surface area contributed by atoms with Gasteiger partial charge in [-0.05, 0) is 31.2 Å². The van der Waals surface area contributed by atoms with E-state index in [1.807, 2.05) is 12.4 Å². The highest BCUT2D eigenvalue weighted by Crippen LogP contribution is 2.44. The highest BCUT2D eigenvalue weighted by atomic mass is 15.0. The lowest BCUT2D eigenvalue weighted by atomic mass is 9.90. The van der Waals surface area contributed by atoms with E-state index in [1.165, 1.54) is 18.5 Å². The number of nitrogens with zero attached hydrogens (tertiary/aromatic N) is 4. The van der Waals surface area contributed by atoms with Crippen LogP contribution in [-0.2, 0) is 0 Å². The highest BCUT2D eigenvalue weighted by molar-refractivity contribution is 6.04. The van der Waals surface area contributed by atoms with Gasteiger partial charge in [-0.1, -0.05) is 0 Å². The van der Waals surface area contributed by atoms with Crippen LogP contribution in [0, 0.1) is 5.92 Å². The minimum Gasteiger partial charge on any atom is -0.346 e. The maximum atomic E-state index is 4.85. The van der Waals surface area contributed by atoms with Gasteiger partial charge in [-0.25, -0.2) is 20.3 Å². The first-order chi connectivity index (χ1) is 10.4. The summed E-state index contributed by atoms with van der Waals surface area (Å²) in [6, 6.07) is 2.54. The molecule has 1 saturated heterocycles. The predicted octanol–water partition coefficient (Wildman–Crippen LogP) is 2.38. The molecule has 21 heavy (non-hydrogen) atoms. The Morgan fingerprint density at radius 2 is 2.05 bits per heavy atom. The maximum Gasteiger partial charge on any atom is 0.138 e. The van der Waals surface area contributed by atoms with Gasteiger partial charge in [0.05, 0.1) is 17.4 Å². The van der Waals surface area contributed by atoms with Crippen LogP contribution in [0.5, 0.6) is 0 Å². The van der Waals surface area contributed by atoms with E-state index < -0.39 is 0 Å². The van der Waals surface area contributed by atoms with E-state index in [2.05, 4.69) is 26.0 Å². The molecule has 1 N–H and O–H groups in total. The lowest BCUT2D eigenvalue weighted by Gasteiger charge is -2.19. The van der Waals surface area contributed by atoms with Crippen molar-refractivity contribution in [1.29, 1.82) is 0 Å². The molecular formula is C16H16N5. The summed E-state index contributed by atoms with van der Waals surface area (Å²) in [4.78, 5) is 16.7. The maximum absolute atomic E-state index is 4.85. The van der Waals surface area contributed by atoms with Crippen LogP contribution in [0.15, 0.2) is 24.8 Å². The number of nitrogens with one attached hydrogen (secondary N) is 1. The molecule has 3 aromatic heterocycles. The van der Waals surface area contributed by atoms with E-state index in [1.54, 1.807) is 6.33 Å². The fraction of sp³-hybridized carbons (Fsp3) is 0.438. The zero-order valence-electron chi connectivity index (χ0n) is 11.7. The van der Waals surface area contributed by atoms with Gasteiger partial charge >= 0.3 is 0 Å². The first-order valence-corrected chi connectivity index (χ1v) is 7.65. The van der Waals surface area contributed by atoms with Crippen molar-refractivity contribution in [2.24, 2.45) is 5.92 Å². The molecule has 0 aromatic carbocycles. The SMILES string of the molecule is c1nc(C2CC[N]C2C2CC2)c2c(cnc3[nH]ccc32)n1. The summed E-state index contributed by atoms with van der Waals surface area (Å²) in [5.74, 6) is 1.23. The summed E-state index contributed by atoms with van der Waals surface area (Å²) in [5.41, 5.74) is 3.02. The molecule has 2 unspecified atom stereocenters. The van der Waals surface area contributed by atoms with Crippen molar-refractivity contribution in [3.05, 3.63) is 30.5 Å². The van der Waals surface area contributed by atoms with Gasteiger partial charge in [-0.3, -0.25) is 0 Å². The van der Waals surface area contributed by atoms with Crippen molar-refractivity contribution >= 4 is 21.9 Å². The number of hydrogen-bond acceptors (Lipinski definition) is 3. The van der Waals surface area contributed by atoms with Gasteiger partial charge in [-0.15, -0.1) is 0 Å². The van der Waals surface area contributed by atoms with Crippen LogP contribution in [0.1, 0.15) is 30.9 Å². The third-order valence-corrected chi connectivity index (χ3v) is 4.86. The van der Waals surface area contributed by atoms with Crippen molar-refractivity contribution in [2.75, 3.05) is 6.54 Å².